The number of hydrogen-bond donors (Lipinski definition) is 2. The van der Waals surface area contributed by atoms with Gasteiger partial charge in [0.05, 0.1) is 5.02 Å². The summed E-state index contributed by atoms with van der Waals surface area (Å²) in [6, 6.07) is 11.1. The number of amides is 2. The van der Waals surface area contributed by atoms with E-state index in [2.05, 4.69) is 5.32 Å². The molecule has 0 aliphatic carbocycles. The standard InChI is InChI=1S/C16H15ClN2O3/c1-10-2-7-13(17)15(8-10)22-9-14(20)11-3-5-12(6-4-11)19-16(18)21/h2-8H,9H2,1H3,(H3,18,19,21). The fourth-order valence-electron chi connectivity index (χ4n) is 1.83. The van der Waals surface area contributed by atoms with Crippen molar-refractivity contribution in [1.29, 1.82) is 0 Å². The molecule has 0 atom stereocenters. The van der Waals surface area contributed by atoms with E-state index >= 15 is 0 Å². The number of ketones is 1. The molecule has 0 fully saturated rings. The van der Waals surface area contributed by atoms with E-state index in [1.54, 1.807) is 36.4 Å². The lowest BCUT2D eigenvalue weighted by molar-refractivity contribution is 0.0921. The Balaban J connectivity index is 2.00. The number of Topliss-reactive ketones (excluding diaryl/α,β-unsaturated/α-hetero) is 1. The Hall–Kier alpha value is -2.53. The molecular formula is C16H15ClN2O3. The average Bonchev–Trinajstić information content (AvgIpc) is 2.48. The number of carbonyl (C=O) groups is 2. The second-order valence-electron chi connectivity index (χ2n) is 4.71. The molecule has 114 valence electrons. The minimum atomic E-state index is -0.656. The van der Waals surface area contributed by atoms with Gasteiger partial charge in [0.25, 0.3) is 0 Å². The lowest BCUT2D eigenvalue weighted by atomic mass is 10.1. The van der Waals surface area contributed by atoms with E-state index in [1.165, 1.54) is 0 Å². The minimum absolute atomic E-state index is 0.119. The number of ether oxygens (including phenoxy) is 1. The molecule has 0 heterocycles. The summed E-state index contributed by atoms with van der Waals surface area (Å²) in [5.41, 5.74) is 7.00. The van der Waals surface area contributed by atoms with Gasteiger partial charge in [0.2, 0.25) is 0 Å². The fourth-order valence-corrected chi connectivity index (χ4v) is 2.00. The molecule has 3 N–H and O–H groups in total. The highest BCUT2D eigenvalue weighted by Crippen LogP contribution is 2.25. The molecule has 2 aromatic rings. The molecule has 0 radical (unpaired) electrons. The lowest BCUT2D eigenvalue weighted by Gasteiger charge is -2.09. The van der Waals surface area contributed by atoms with Crippen molar-refractivity contribution in [3.05, 3.63) is 58.6 Å². The number of nitrogens with two attached hydrogens (primary N) is 1. The van der Waals surface area contributed by atoms with Crippen LogP contribution in [0.4, 0.5) is 10.5 Å². The van der Waals surface area contributed by atoms with Crippen molar-refractivity contribution in [3.63, 3.8) is 0 Å². The summed E-state index contributed by atoms with van der Waals surface area (Å²) < 4.78 is 5.46. The van der Waals surface area contributed by atoms with Crippen LogP contribution >= 0.6 is 11.6 Å². The first-order valence-corrected chi connectivity index (χ1v) is 6.92. The second-order valence-corrected chi connectivity index (χ2v) is 5.12. The Bertz CT molecular complexity index is 699. The molecule has 2 amide bonds. The highest BCUT2D eigenvalue weighted by Gasteiger charge is 2.09. The Morgan fingerprint density at radius 3 is 2.50 bits per heavy atom. The van der Waals surface area contributed by atoms with E-state index in [4.69, 9.17) is 22.1 Å². The molecule has 6 heteroatoms. The van der Waals surface area contributed by atoms with Crippen molar-refractivity contribution in [2.45, 2.75) is 6.92 Å². The zero-order valence-corrected chi connectivity index (χ0v) is 12.7. The number of hydrogen-bond acceptors (Lipinski definition) is 3. The second kappa shape index (κ2) is 6.95. The average molecular weight is 319 g/mol. The Morgan fingerprint density at radius 2 is 1.86 bits per heavy atom. The fraction of sp³-hybridized carbons (Fsp3) is 0.125. The van der Waals surface area contributed by atoms with Gasteiger partial charge in [-0.3, -0.25) is 4.79 Å². The normalized spacial score (nSPS) is 10.1. The number of urea groups is 1. The van der Waals surface area contributed by atoms with Gasteiger partial charge in [0, 0.05) is 11.3 Å². The van der Waals surface area contributed by atoms with E-state index in [1.807, 2.05) is 13.0 Å². The first kappa shape index (κ1) is 15.9. The Labute approximate surface area is 133 Å². The van der Waals surface area contributed by atoms with Crippen LogP contribution in [-0.2, 0) is 0 Å². The van der Waals surface area contributed by atoms with E-state index in [0.717, 1.165) is 5.56 Å². The summed E-state index contributed by atoms with van der Waals surface area (Å²) in [6.45, 7) is 1.79. The monoisotopic (exact) mass is 318 g/mol. The molecule has 0 aliphatic heterocycles. The number of benzene rings is 2. The van der Waals surface area contributed by atoms with Gasteiger partial charge in [-0.05, 0) is 48.9 Å². The summed E-state index contributed by atoms with van der Waals surface area (Å²) in [4.78, 5) is 22.8. The Kier molecular flexibility index (Phi) is 5.01. The predicted molar refractivity (Wildman–Crippen MR) is 85.7 cm³/mol. The van der Waals surface area contributed by atoms with Crippen LogP contribution in [0.5, 0.6) is 5.75 Å². The number of nitrogens with one attached hydrogen (secondary N) is 1. The Morgan fingerprint density at radius 1 is 1.18 bits per heavy atom. The summed E-state index contributed by atoms with van der Waals surface area (Å²) in [6.07, 6.45) is 0. The quantitative estimate of drug-likeness (QED) is 0.829. The van der Waals surface area contributed by atoms with Gasteiger partial charge >= 0.3 is 6.03 Å². The van der Waals surface area contributed by atoms with Crippen LogP contribution in [0.15, 0.2) is 42.5 Å². The van der Waals surface area contributed by atoms with E-state index in [-0.39, 0.29) is 12.4 Å². The van der Waals surface area contributed by atoms with Crippen molar-refractivity contribution in [1.82, 2.24) is 0 Å². The van der Waals surface area contributed by atoms with E-state index in [9.17, 15) is 9.59 Å². The molecule has 0 spiro atoms. The van der Waals surface area contributed by atoms with Crippen LogP contribution in [0, 0.1) is 6.92 Å². The van der Waals surface area contributed by atoms with Crippen LogP contribution < -0.4 is 15.8 Å². The van der Waals surface area contributed by atoms with Crippen LogP contribution in [0.2, 0.25) is 5.02 Å². The summed E-state index contributed by atoms with van der Waals surface area (Å²) in [7, 11) is 0. The van der Waals surface area contributed by atoms with Crippen LogP contribution in [0.25, 0.3) is 0 Å². The lowest BCUT2D eigenvalue weighted by Crippen LogP contribution is -2.19. The highest BCUT2D eigenvalue weighted by atomic mass is 35.5. The molecule has 0 bridgehead atoms. The zero-order valence-electron chi connectivity index (χ0n) is 11.9. The number of primary amides is 1. The van der Waals surface area contributed by atoms with Gasteiger partial charge in [-0.15, -0.1) is 0 Å². The van der Waals surface area contributed by atoms with Crippen molar-refractivity contribution in [2.75, 3.05) is 11.9 Å². The number of carbonyl (C=O) groups excluding carboxylic acids is 2. The first-order chi connectivity index (χ1) is 10.5. The van der Waals surface area contributed by atoms with Crippen LogP contribution in [0.1, 0.15) is 15.9 Å². The number of aryl methyl sites for hydroxylation is 1. The number of halogens is 1. The predicted octanol–water partition coefficient (Wildman–Crippen LogP) is 3.40. The molecule has 0 aliphatic rings. The SMILES string of the molecule is Cc1ccc(Cl)c(OCC(=O)c2ccc(NC(N)=O)cc2)c1. The van der Waals surface area contributed by atoms with Crippen LogP contribution in [-0.4, -0.2) is 18.4 Å². The van der Waals surface area contributed by atoms with Gasteiger partial charge in [0.15, 0.2) is 12.4 Å². The molecule has 2 rings (SSSR count). The molecule has 22 heavy (non-hydrogen) atoms. The van der Waals surface area contributed by atoms with Crippen LogP contribution in [0.3, 0.4) is 0 Å². The van der Waals surface area contributed by atoms with Crippen molar-refractivity contribution in [3.8, 4) is 5.75 Å². The first-order valence-electron chi connectivity index (χ1n) is 6.54. The molecule has 5 nitrogen and oxygen atoms in total. The third-order valence-electron chi connectivity index (χ3n) is 2.92. The van der Waals surface area contributed by atoms with Gasteiger partial charge in [-0.25, -0.2) is 4.79 Å². The highest BCUT2D eigenvalue weighted by molar-refractivity contribution is 6.32. The van der Waals surface area contributed by atoms with Crippen molar-refractivity contribution >= 4 is 29.1 Å². The number of rotatable bonds is 5. The molecule has 0 unspecified atom stereocenters. The van der Waals surface area contributed by atoms with Gasteiger partial charge in [-0.2, -0.15) is 0 Å². The van der Waals surface area contributed by atoms with Gasteiger partial charge in [0.1, 0.15) is 5.75 Å². The topological polar surface area (TPSA) is 81.4 Å². The number of anilines is 1. The molecule has 0 saturated carbocycles. The third-order valence-corrected chi connectivity index (χ3v) is 3.23. The van der Waals surface area contributed by atoms with E-state index in [0.29, 0.717) is 22.0 Å². The van der Waals surface area contributed by atoms with E-state index < -0.39 is 6.03 Å². The summed E-state index contributed by atoms with van der Waals surface area (Å²) >= 11 is 6.01. The van der Waals surface area contributed by atoms with Crippen molar-refractivity contribution in [2.24, 2.45) is 5.73 Å². The zero-order chi connectivity index (χ0) is 16.1. The molecule has 0 saturated heterocycles. The smallest absolute Gasteiger partial charge is 0.316 e. The largest absolute Gasteiger partial charge is 0.484 e. The summed E-state index contributed by atoms with van der Waals surface area (Å²) in [5.74, 6) is 0.283. The summed E-state index contributed by atoms with van der Waals surface area (Å²) in [5, 5.41) is 2.88. The molecule has 0 aromatic heterocycles. The minimum Gasteiger partial charge on any atom is -0.484 e. The van der Waals surface area contributed by atoms with Gasteiger partial charge < -0.3 is 15.8 Å². The molecular weight excluding hydrogens is 304 g/mol. The maximum absolute atomic E-state index is 12.1. The maximum atomic E-state index is 12.1. The van der Waals surface area contributed by atoms with Crippen molar-refractivity contribution < 1.29 is 14.3 Å². The molecule has 2 aromatic carbocycles. The third kappa shape index (κ3) is 4.23. The van der Waals surface area contributed by atoms with Gasteiger partial charge in [-0.1, -0.05) is 17.7 Å². The maximum Gasteiger partial charge on any atom is 0.316 e.